The number of nitrogens with zero attached hydrogens (tertiary/aromatic N) is 4. The van der Waals surface area contributed by atoms with Crippen molar-refractivity contribution in [3.8, 4) is 11.5 Å². The Kier molecular flexibility index (Phi) is 10.3. The summed E-state index contributed by atoms with van der Waals surface area (Å²) in [4.78, 5) is 10.2. The highest BCUT2D eigenvalue weighted by atomic mass is 16.5. The van der Waals surface area contributed by atoms with Crippen LogP contribution >= 0.6 is 0 Å². The summed E-state index contributed by atoms with van der Waals surface area (Å²) in [5, 5.41) is 4.15. The van der Waals surface area contributed by atoms with Crippen LogP contribution in [-0.4, -0.2) is 20.1 Å². The number of rotatable bonds is 4. The first kappa shape index (κ1) is 49.1. The lowest BCUT2D eigenvalue weighted by molar-refractivity contribution is 0.487. The fourth-order valence-electron chi connectivity index (χ4n) is 16.2. The Hall–Kier alpha value is -9.59. The Morgan fingerprint density at radius 3 is 1.26 bits per heavy atom. The van der Waals surface area contributed by atoms with Crippen LogP contribution in [0.25, 0.3) is 0 Å². The molecule has 1 N–H and O–H groups in total. The minimum absolute atomic E-state index is 0.0365. The first-order valence-electron chi connectivity index (χ1n) is 29.7. The molecule has 400 valence electrons. The predicted octanol–water partition coefficient (Wildman–Crippen LogP) is 13.3. The number of para-hydroxylation sites is 4. The van der Waals surface area contributed by atoms with Crippen LogP contribution in [0.4, 0.5) is 79.6 Å². The van der Waals surface area contributed by atoms with Crippen molar-refractivity contribution >= 4 is 149 Å². The zero-order chi connectivity index (χ0) is 56.7. The van der Waals surface area contributed by atoms with Crippen LogP contribution in [0.15, 0.2) is 194 Å². The second-order valence-electron chi connectivity index (χ2n) is 24.8. The summed E-state index contributed by atoms with van der Waals surface area (Å²) in [7, 11) is 0. The number of nitrogens with one attached hydrogen (secondary N) is 1. The van der Waals surface area contributed by atoms with Gasteiger partial charge >= 0.3 is 0 Å². The first-order valence-corrected chi connectivity index (χ1v) is 29.7. The molecule has 0 spiro atoms. The highest BCUT2D eigenvalue weighted by molar-refractivity contribution is 7.04. The van der Waals surface area contributed by atoms with Crippen LogP contribution in [0.2, 0.25) is 0 Å². The molecule has 0 saturated carbocycles. The molecule has 6 nitrogen and oxygen atoms in total. The predicted molar refractivity (Wildman–Crippen MR) is 358 cm³/mol. The van der Waals surface area contributed by atoms with Gasteiger partial charge in [0.1, 0.15) is 11.5 Å². The lowest BCUT2D eigenvalue weighted by Crippen LogP contribution is -2.65. The summed E-state index contributed by atoms with van der Waals surface area (Å²) in [6.07, 6.45) is 0. The van der Waals surface area contributed by atoms with Gasteiger partial charge in [0.2, 0.25) is 0 Å². The molecule has 0 unspecified atom stereocenters. The summed E-state index contributed by atoms with van der Waals surface area (Å²) >= 11 is 0. The van der Waals surface area contributed by atoms with Crippen molar-refractivity contribution in [3.63, 3.8) is 0 Å². The van der Waals surface area contributed by atoms with E-state index in [4.69, 9.17) is 4.74 Å². The zero-order valence-corrected chi connectivity index (χ0v) is 48.9. The summed E-state index contributed by atoms with van der Waals surface area (Å²) in [6.45, 7) is 20.0. The summed E-state index contributed by atoms with van der Waals surface area (Å²) in [6, 6.07) is 73.9. The molecule has 0 amide bonds. The standard InChI is InChI=1S/C75H60B3N5O/c1-42-28-47(6)74(48(7)29-42)82-63-40-59-55(76-53-24-16-18-26-61(53)80(51-20-12-10-13-21-51)65-33-44(3)32-60(79-59)71(65)76)38-56(63)78-58-39-57-64(41-69(58)84-70-37-46(5)36-68(82)73(70)78)83(75-49(8)30-43(2)31-50(75)9)67-35-45(4)34-66-72(67)77(57)54-25-17-19-27-62(54)81(66)52-22-14-11-15-23-52/h10-41,79H,1-9H3. The highest BCUT2D eigenvalue weighted by Gasteiger charge is 2.50. The Labute approximate surface area is 493 Å². The third-order valence-corrected chi connectivity index (χ3v) is 19.0. The molecule has 6 aliphatic rings. The van der Waals surface area contributed by atoms with Crippen molar-refractivity contribution in [2.24, 2.45) is 0 Å². The van der Waals surface area contributed by atoms with E-state index in [9.17, 15) is 0 Å². The molecular formula is C75H60B3N5O. The van der Waals surface area contributed by atoms with Crippen LogP contribution in [-0.2, 0) is 0 Å². The van der Waals surface area contributed by atoms with E-state index < -0.39 is 0 Å². The molecule has 6 aliphatic heterocycles. The van der Waals surface area contributed by atoms with Gasteiger partial charge in [-0.3, -0.25) is 0 Å². The molecule has 17 rings (SSSR count). The van der Waals surface area contributed by atoms with E-state index in [2.05, 4.69) is 281 Å². The third kappa shape index (κ3) is 6.84. The van der Waals surface area contributed by atoms with Gasteiger partial charge in [-0.25, -0.2) is 0 Å². The molecule has 0 saturated heterocycles. The summed E-state index contributed by atoms with van der Waals surface area (Å²) < 4.78 is 7.63. The van der Waals surface area contributed by atoms with Crippen molar-refractivity contribution in [2.75, 3.05) is 24.9 Å². The average Bonchev–Trinajstić information content (AvgIpc) is 1.20. The van der Waals surface area contributed by atoms with Crippen molar-refractivity contribution in [1.82, 2.24) is 0 Å². The van der Waals surface area contributed by atoms with E-state index in [1.54, 1.807) is 0 Å². The minimum atomic E-state index is -0.180. The molecule has 11 aromatic rings. The van der Waals surface area contributed by atoms with Gasteiger partial charge in [0, 0.05) is 74.3 Å². The van der Waals surface area contributed by atoms with E-state index >= 15 is 0 Å². The number of aryl methyl sites for hydroxylation is 9. The molecule has 0 bridgehead atoms. The second kappa shape index (κ2) is 17.7. The van der Waals surface area contributed by atoms with Crippen molar-refractivity contribution in [1.29, 1.82) is 0 Å². The number of benzene rings is 11. The van der Waals surface area contributed by atoms with Crippen LogP contribution < -0.4 is 78.8 Å². The molecule has 0 radical (unpaired) electrons. The number of hydrogen-bond acceptors (Lipinski definition) is 6. The number of anilines is 14. The van der Waals surface area contributed by atoms with Crippen molar-refractivity contribution in [3.05, 3.63) is 244 Å². The second-order valence-corrected chi connectivity index (χ2v) is 24.8. The highest BCUT2D eigenvalue weighted by Crippen LogP contribution is 2.50. The maximum absolute atomic E-state index is 7.63. The number of hydrogen-bond donors (Lipinski definition) is 1. The zero-order valence-electron chi connectivity index (χ0n) is 48.9. The Bertz CT molecular complexity index is 4680. The van der Waals surface area contributed by atoms with Crippen LogP contribution in [0.1, 0.15) is 50.1 Å². The van der Waals surface area contributed by atoms with Gasteiger partial charge in [0.15, 0.2) is 0 Å². The van der Waals surface area contributed by atoms with Gasteiger partial charge in [-0.2, -0.15) is 0 Å². The Morgan fingerprint density at radius 2 is 0.702 bits per heavy atom. The quantitative estimate of drug-likeness (QED) is 0.177. The lowest BCUT2D eigenvalue weighted by atomic mass is 9.29. The van der Waals surface area contributed by atoms with Crippen LogP contribution in [0.3, 0.4) is 0 Å². The molecule has 6 heterocycles. The van der Waals surface area contributed by atoms with Crippen molar-refractivity contribution in [2.45, 2.75) is 62.3 Å². The maximum atomic E-state index is 7.63. The largest absolute Gasteiger partial charge is 0.458 e. The van der Waals surface area contributed by atoms with Gasteiger partial charge in [-0.1, -0.05) is 120 Å². The minimum Gasteiger partial charge on any atom is -0.458 e. The molecular weight excluding hydrogens is 1020 g/mol. The van der Waals surface area contributed by atoms with Gasteiger partial charge in [-0.05, 0) is 229 Å². The number of fused-ring (bicyclic) bond motifs is 12. The van der Waals surface area contributed by atoms with E-state index in [0.717, 1.165) is 51.2 Å². The van der Waals surface area contributed by atoms with E-state index in [1.165, 1.54) is 139 Å². The molecule has 11 aromatic carbocycles. The fourth-order valence-corrected chi connectivity index (χ4v) is 16.2. The lowest BCUT2D eigenvalue weighted by Gasteiger charge is -2.46. The van der Waals surface area contributed by atoms with Gasteiger partial charge in [0.05, 0.1) is 11.4 Å². The first-order chi connectivity index (χ1) is 40.9. The van der Waals surface area contributed by atoms with Gasteiger partial charge in [0.25, 0.3) is 20.1 Å². The SMILES string of the molecule is Cc1cc(C)c(N2c3cc4c(cc3B3c5cc6c(cc5Oc5cc(C)cc2c53)N(c2c(C)cc(C)cc2C)c2cc(C)cc3c2B6c2ccccc2N3c2ccccc2)B2c3ccccc3N(c3ccccc3)c3cc(C)cc(c32)N4)c(C)c1. The van der Waals surface area contributed by atoms with Gasteiger partial charge in [-0.15, -0.1) is 0 Å². The molecule has 0 aliphatic carbocycles. The van der Waals surface area contributed by atoms with E-state index in [-0.39, 0.29) is 20.1 Å². The fraction of sp³-hybridized carbons (Fsp3) is 0.120. The molecule has 9 heteroatoms. The number of ether oxygens (including phenoxy) is 1. The molecule has 0 aromatic heterocycles. The topological polar surface area (TPSA) is 34.2 Å². The third-order valence-electron chi connectivity index (χ3n) is 19.0. The van der Waals surface area contributed by atoms with Crippen LogP contribution in [0, 0.1) is 62.3 Å². The Morgan fingerprint density at radius 1 is 0.286 bits per heavy atom. The molecule has 0 atom stereocenters. The normalized spacial score (nSPS) is 14.0. The van der Waals surface area contributed by atoms with Crippen molar-refractivity contribution < 1.29 is 4.74 Å². The summed E-state index contributed by atoms with van der Waals surface area (Å²) in [5.41, 5.74) is 39.0. The van der Waals surface area contributed by atoms with Gasteiger partial charge < -0.3 is 29.7 Å². The molecule has 84 heavy (non-hydrogen) atoms. The molecule has 0 fully saturated rings. The maximum Gasteiger partial charge on any atom is 0.256 e. The Balaban J connectivity index is 0.963. The smallest absolute Gasteiger partial charge is 0.256 e. The summed E-state index contributed by atoms with van der Waals surface area (Å²) in [5.74, 6) is 1.80. The van der Waals surface area contributed by atoms with E-state index in [1.807, 2.05) is 0 Å². The van der Waals surface area contributed by atoms with Crippen LogP contribution in [0.5, 0.6) is 11.5 Å². The average molecular weight is 1080 g/mol. The monoisotopic (exact) mass is 1080 g/mol. The van der Waals surface area contributed by atoms with E-state index in [0.29, 0.717) is 0 Å².